The van der Waals surface area contributed by atoms with E-state index in [4.69, 9.17) is 5.11 Å². The van der Waals surface area contributed by atoms with Crippen LogP contribution in [0.15, 0.2) is 0 Å². The van der Waals surface area contributed by atoms with Crippen LogP contribution in [0.3, 0.4) is 0 Å². The van der Waals surface area contributed by atoms with Crippen molar-refractivity contribution in [3.63, 3.8) is 0 Å². The zero-order chi connectivity index (χ0) is 15.6. The zero-order valence-electron chi connectivity index (χ0n) is 11.7. The summed E-state index contributed by atoms with van der Waals surface area (Å²) < 4.78 is 37.7. The van der Waals surface area contributed by atoms with Crippen molar-refractivity contribution < 1.29 is 27.9 Å². The van der Waals surface area contributed by atoms with Gasteiger partial charge in [-0.3, -0.25) is 9.59 Å². The molecule has 0 aromatic carbocycles. The van der Waals surface area contributed by atoms with Crippen LogP contribution in [0.25, 0.3) is 0 Å². The number of carboxylic acids is 1. The summed E-state index contributed by atoms with van der Waals surface area (Å²) in [6, 6.07) is -0.379. The molecule has 2 rings (SSSR count). The van der Waals surface area contributed by atoms with Crippen LogP contribution in [0, 0.1) is 17.8 Å². The minimum Gasteiger partial charge on any atom is -0.481 e. The van der Waals surface area contributed by atoms with Crippen LogP contribution in [-0.4, -0.2) is 29.2 Å². The van der Waals surface area contributed by atoms with Crippen molar-refractivity contribution in [2.24, 2.45) is 17.8 Å². The number of carboxylic acid groups (broad SMARTS) is 1. The summed E-state index contributed by atoms with van der Waals surface area (Å²) in [7, 11) is 0. The Balaban J connectivity index is 1.82. The highest BCUT2D eigenvalue weighted by molar-refractivity contribution is 5.80. The molecule has 2 aliphatic rings. The summed E-state index contributed by atoms with van der Waals surface area (Å²) in [6.45, 7) is 0. The Morgan fingerprint density at radius 1 is 1.10 bits per heavy atom. The first kappa shape index (κ1) is 16.1. The van der Waals surface area contributed by atoms with Crippen molar-refractivity contribution in [1.29, 1.82) is 0 Å². The molecule has 4 nitrogen and oxygen atoms in total. The molecule has 1 unspecified atom stereocenters. The van der Waals surface area contributed by atoms with Crippen LogP contribution in [0.2, 0.25) is 0 Å². The molecule has 0 aliphatic heterocycles. The summed E-state index contributed by atoms with van der Waals surface area (Å²) in [5.74, 6) is -2.77. The molecule has 1 atom stereocenters. The Morgan fingerprint density at radius 3 is 2.10 bits per heavy atom. The van der Waals surface area contributed by atoms with Gasteiger partial charge in [0.05, 0.1) is 12.3 Å². The molecule has 0 aromatic heterocycles. The van der Waals surface area contributed by atoms with E-state index in [1.165, 1.54) is 0 Å². The summed E-state index contributed by atoms with van der Waals surface area (Å²) in [5, 5.41) is 11.6. The van der Waals surface area contributed by atoms with Crippen LogP contribution in [-0.2, 0) is 9.59 Å². The van der Waals surface area contributed by atoms with E-state index in [1.54, 1.807) is 0 Å². The average Bonchev–Trinajstić information content (AvgIpc) is 3.20. The van der Waals surface area contributed by atoms with Crippen molar-refractivity contribution in [3.05, 3.63) is 0 Å². The Bertz CT molecular complexity index is 399. The lowest BCUT2D eigenvalue weighted by Gasteiger charge is -2.30. The topological polar surface area (TPSA) is 66.4 Å². The van der Waals surface area contributed by atoms with Crippen molar-refractivity contribution in [2.75, 3.05) is 0 Å². The van der Waals surface area contributed by atoms with E-state index in [9.17, 15) is 22.8 Å². The molecule has 2 saturated carbocycles. The van der Waals surface area contributed by atoms with Gasteiger partial charge in [-0.25, -0.2) is 0 Å². The molecule has 7 heteroatoms. The Labute approximate surface area is 121 Å². The van der Waals surface area contributed by atoms with E-state index < -0.39 is 24.0 Å². The van der Waals surface area contributed by atoms with Crippen LogP contribution >= 0.6 is 0 Å². The molecule has 21 heavy (non-hydrogen) atoms. The van der Waals surface area contributed by atoms with Gasteiger partial charge < -0.3 is 10.4 Å². The van der Waals surface area contributed by atoms with Crippen LogP contribution < -0.4 is 5.32 Å². The van der Waals surface area contributed by atoms with Crippen LogP contribution in [0.1, 0.15) is 44.9 Å². The minimum atomic E-state index is -4.18. The molecule has 0 aromatic rings. The van der Waals surface area contributed by atoms with E-state index in [-0.39, 0.29) is 50.0 Å². The maximum absolute atomic E-state index is 12.6. The predicted molar refractivity (Wildman–Crippen MR) is 68.4 cm³/mol. The van der Waals surface area contributed by atoms with Gasteiger partial charge in [0.2, 0.25) is 5.91 Å². The number of carbonyl (C=O) groups is 2. The highest BCUT2D eigenvalue weighted by Crippen LogP contribution is 2.40. The molecule has 0 heterocycles. The lowest BCUT2D eigenvalue weighted by molar-refractivity contribution is -0.184. The molecule has 2 aliphatic carbocycles. The maximum atomic E-state index is 12.6. The smallest absolute Gasteiger partial charge is 0.391 e. The van der Waals surface area contributed by atoms with Gasteiger partial charge in [0.15, 0.2) is 0 Å². The summed E-state index contributed by atoms with van der Waals surface area (Å²) in [4.78, 5) is 22.9. The summed E-state index contributed by atoms with van der Waals surface area (Å²) in [5.41, 5.74) is 0. The fourth-order valence-corrected chi connectivity index (χ4v) is 3.01. The zero-order valence-corrected chi connectivity index (χ0v) is 11.7. The van der Waals surface area contributed by atoms with Gasteiger partial charge in [-0.15, -0.1) is 0 Å². The quantitative estimate of drug-likeness (QED) is 0.820. The van der Waals surface area contributed by atoms with Gasteiger partial charge >= 0.3 is 12.1 Å². The summed E-state index contributed by atoms with van der Waals surface area (Å²) >= 11 is 0. The average molecular weight is 307 g/mol. The number of rotatable bonds is 5. The second kappa shape index (κ2) is 6.23. The number of carbonyl (C=O) groups excluding carboxylic acids is 1. The van der Waals surface area contributed by atoms with Gasteiger partial charge in [0.1, 0.15) is 0 Å². The number of nitrogens with one attached hydrogen (secondary N) is 1. The van der Waals surface area contributed by atoms with Crippen LogP contribution in [0.5, 0.6) is 0 Å². The molecule has 0 saturated heterocycles. The first-order valence-corrected chi connectivity index (χ1v) is 7.36. The van der Waals surface area contributed by atoms with Crippen molar-refractivity contribution in [3.8, 4) is 0 Å². The fraction of sp³-hybridized carbons (Fsp3) is 0.857. The molecule has 0 radical (unpaired) electrons. The second-order valence-electron chi connectivity index (χ2n) is 6.14. The fourth-order valence-electron chi connectivity index (χ4n) is 3.01. The maximum Gasteiger partial charge on any atom is 0.391 e. The summed E-state index contributed by atoms with van der Waals surface area (Å²) in [6.07, 6.45) is -2.09. The van der Waals surface area contributed by atoms with Gasteiger partial charge in [0.25, 0.3) is 0 Å². The normalized spacial score (nSPS) is 28.0. The Kier molecular flexibility index (Phi) is 4.78. The molecule has 2 N–H and O–H groups in total. The van der Waals surface area contributed by atoms with Gasteiger partial charge in [0, 0.05) is 12.0 Å². The molecule has 120 valence electrons. The Hall–Kier alpha value is -1.27. The highest BCUT2D eigenvalue weighted by Gasteiger charge is 2.43. The van der Waals surface area contributed by atoms with Crippen LogP contribution in [0.4, 0.5) is 13.2 Å². The number of halogens is 3. The predicted octanol–water partition coefficient (Wildman–Crippen LogP) is 2.72. The van der Waals surface area contributed by atoms with Gasteiger partial charge in [-0.2, -0.15) is 13.2 Å². The largest absolute Gasteiger partial charge is 0.481 e. The van der Waals surface area contributed by atoms with E-state index in [0.717, 1.165) is 12.8 Å². The molecular formula is C14H20F3NO3. The first-order valence-electron chi connectivity index (χ1n) is 7.36. The Morgan fingerprint density at radius 2 is 1.67 bits per heavy atom. The van der Waals surface area contributed by atoms with Crippen molar-refractivity contribution in [1.82, 2.24) is 5.32 Å². The number of hydrogen-bond donors (Lipinski definition) is 2. The third kappa shape index (κ3) is 4.61. The van der Waals surface area contributed by atoms with E-state index in [1.807, 2.05) is 0 Å². The third-order valence-corrected chi connectivity index (χ3v) is 4.47. The minimum absolute atomic E-state index is 0.0192. The lowest BCUT2D eigenvalue weighted by Crippen LogP contribution is -2.43. The van der Waals surface area contributed by atoms with Crippen molar-refractivity contribution >= 4 is 11.9 Å². The van der Waals surface area contributed by atoms with Gasteiger partial charge in [-0.05, 0) is 44.4 Å². The lowest BCUT2D eigenvalue weighted by atomic mass is 9.81. The first-order chi connectivity index (χ1) is 9.77. The molecule has 2 fully saturated rings. The number of hydrogen-bond acceptors (Lipinski definition) is 2. The SMILES string of the molecule is O=C(O)CC(NC(=O)C1CCC(C(F)(F)F)CC1)C1CC1. The van der Waals surface area contributed by atoms with E-state index >= 15 is 0 Å². The number of alkyl halides is 3. The monoisotopic (exact) mass is 307 g/mol. The van der Waals surface area contributed by atoms with E-state index in [2.05, 4.69) is 5.32 Å². The van der Waals surface area contributed by atoms with Gasteiger partial charge in [-0.1, -0.05) is 0 Å². The van der Waals surface area contributed by atoms with Crippen molar-refractivity contribution in [2.45, 2.75) is 57.2 Å². The molecular weight excluding hydrogens is 287 g/mol. The standard InChI is InChI=1S/C14H20F3NO3/c15-14(16,17)10-5-3-9(4-6-10)13(21)18-11(7-12(19)20)8-1-2-8/h8-11H,1-7H2,(H,18,21)(H,19,20). The molecule has 0 bridgehead atoms. The third-order valence-electron chi connectivity index (χ3n) is 4.47. The second-order valence-corrected chi connectivity index (χ2v) is 6.14. The number of amides is 1. The molecule has 1 amide bonds. The highest BCUT2D eigenvalue weighted by atomic mass is 19.4. The van der Waals surface area contributed by atoms with E-state index in [0.29, 0.717) is 0 Å². The number of aliphatic carboxylic acids is 1. The molecule has 0 spiro atoms.